The van der Waals surface area contributed by atoms with Crippen LogP contribution in [0, 0.1) is 0 Å². The summed E-state index contributed by atoms with van der Waals surface area (Å²) in [5.41, 5.74) is 1.64. The Morgan fingerprint density at radius 1 is 1.21 bits per heavy atom. The van der Waals surface area contributed by atoms with Crippen molar-refractivity contribution in [3.05, 3.63) is 35.9 Å². The van der Waals surface area contributed by atoms with Crippen molar-refractivity contribution in [1.29, 1.82) is 0 Å². The molecule has 0 aliphatic rings. The van der Waals surface area contributed by atoms with E-state index in [0.29, 0.717) is 5.92 Å². The van der Waals surface area contributed by atoms with Gasteiger partial charge < -0.3 is 5.32 Å². The zero-order chi connectivity index (χ0) is 10.6. The average Bonchev–Trinajstić information content (AvgIpc) is 2.19. The van der Waals surface area contributed by atoms with Crippen molar-refractivity contribution >= 4 is 0 Å². The molecule has 1 N–H and O–H groups in total. The molecule has 1 rings (SSSR count). The van der Waals surface area contributed by atoms with Crippen molar-refractivity contribution < 1.29 is 0 Å². The zero-order valence-corrected chi connectivity index (χ0v) is 9.67. The van der Waals surface area contributed by atoms with Crippen molar-refractivity contribution in [2.45, 2.75) is 38.6 Å². The van der Waals surface area contributed by atoms with Crippen LogP contribution in [-0.2, 0) is 0 Å². The van der Waals surface area contributed by atoms with Crippen LogP contribution in [0.1, 0.15) is 38.7 Å². The molecule has 0 fully saturated rings. The Morgan fingerprint density at radius 3 is 2.29 bits per heavy atom. The molecule has 78 valence electrons. The van der Waals surface area contributed by atoms with Gasteiger partial charge in [0, 0.05) is 5.54 Å². The Balaban J connectivity index is 2.64. The second-order valence-corrected chi connectivity index (χ2v) is 4.65. The van der Waals surface area contributed by atoms with E-state index in [1.807, 2.05) is 7.05 Å². The quantitative estimate of drug-likeness (QED) is 0.770. The van der Waals surface area contributed by atoms with Crippen LogP contribution in [0.25, 0.3) is 0 Å². The van der Waals surface area contributed by atoms with Crippen LogP contribution in [0.15, 0.2) is 30.3 Å². The number of hydrogen-bond donors (Lipinski definition) is 1. The normalized spacial score (nSPS) is 14.0. The Labute approximate surface area is 87.5 Å². The molecule has 0 aliphatic heterocycles. The van der Waals surface area contributed by atoms with Crippen LogP contribution in [0.2, 0.25) is 0 Å². The van der Waals surface area contributed by atoms with Gasteiger partial charge in [-0.15, -0.1) is 0 Å². The van der Waals surface area contributed by atoms with Gasteiger partial charge in [0.1, 0.15) is 0 Å². The lowest BCUT2D eigenvalue weighted by molar-refractivity contribution is 0.367. The number of hydrogen-bond acceptors (Lipinski definition) is 1. The molecule has 1 unspecified atom stereocenters. The average molecular weight is 191 g/mol. The van der Waals surface area contributed by atoms with E-state index in [1.165, 1.54) is 5.56 Å². The Kier molecular flexibility index (Phi) is 3.70. The second-order valence-electron chi connectivity index (χ2n) is 4.65. The lowest BCUT2D eigenvalue weighted by atomic mass is 9.87. The summed E-state index contributed by atoms with van der Waals surface area (Å²) in [5, 5.41) is 3.34. The van der Waals surface area contributed by atoms with Crippen molar-refractivity contribution in [2.24, 2.45) is 0 Å². The first-order chi connectivity index (χ1) is 6.55. The minimum absolute atomic E-state index is 0.218. The smallest absolute Gasteiger partial charge is 0.0127 e. The molecule has 1 nitrogen and oxygen atoms in total. The van der Waals surface area contributed by atoms with Crippen molar-refractivity contribution in [2.75, 3.05) is 7.05 Å². The van der Waals surface area contributed by atoms with Crippen molar-refractivity contribution in [3.8, 4) is 0 Å². The highest BCUT2D eigenvalue weighted by Crippen LogP contribution is 2.24. The third kappa shape index (κ3) is 3.15. The first-order valence-electron chi connectivity index (χ1n) is 5.29. The topological polar surface area (TPSA) is 12.0 Å². The van der Waals surface area contributed by atoms with Crippen LogP contribution in [0.3, 0.4) is 0 Å². The molecule has 0 aliphatic carbocycles. The maximum Gasteiger partial charge on any atom is 0.0127 e. The van der Waals surface area contributed by atoms with E-state index in [0.717, 1.165) is 6.42 Å². The highest BCUT2D eigenvalue weighted by molar-refractivity contribution is 5.19. The predicted molar refractivity (Wildman–Crippen MR) is 62.6 cm³/mol. The molecule has 0 radical (unpaired) electrons. The second kappa shape index (κ2) is 4.61. The summed E-state index contributed by atoms with van der Waals surface area (Å²) in [6.45, 7) is 6.77. The summed E-state index contributed by atoms with van der Waals surface area (Å²) in [4.78, 5) is 0. The predicted octanol–water partition coefficient (Wildman–Crippen LogP) is 3.18. The molecule has 1 atom stereocenters. The molecule has 0 spiro atoms. The van der Waals surface area contributed by atoms with Gasteiger partial charge in [0.05, 0.1) is 0 Å². The fourth-order valence-electron chi connectivity index (χ4n) is 1.77. The van der Waals surface area contributed by atoms with E-state index < -0.39 is 0 Å². The maximum absolute atomic E-state index is 3.34. The van der Waals surface area contributed by atoms with Gasteiger partial charge >= 0.3 is 0 Å². The minimum atomic E-state index is 0.218. The van der Waals surface area contributed by atoms with Gasteiger partial charge in [0.15, 0.2) is 0 Å². The van der Waals surface area contributed by atoms with Gasteiger partial charge in [-0.05, 0) is 38.8 Å². The highest BCUT2D eigenvalue weighted by atomic mass is 14.9. The third-order valence-corrected chi connectivity index (χ3v) is 2.86. The molecule has 0 bridgehead atoms. The number of nitrogens with one attached hydrogen (secondary N) is 1. The summed E-state index contributed by atoms with van der Waals surface area (Å²) >= 11 is 0. The monoisotopic (exact) mass is 191 g/mol. The Morgan fingerprint density at radius 2 is 1.79 bits per heavy atom. The van der Waals surface area contributed by atoms with Gasteiger partial charge in [-0.25, -0.2) is 0 Å². The number of rotatable bonds is 4. The molecule has 0 aromatic heterocycles. The van der Waals surface area contributed by atoms with E-state index in [1.54, 1.807) is 0 Å². The lowest BCUT2D eigenvalue weighted by Crippen LogP contribution is -2.37. The van der Waals surface area contributed by atoms with Crippen molar-refractivity contribution in [3.63, 3.8) is 0 Å². The summed E-state index contributed by atoms with van der Waals surface area (Å²) in [6.07, 6.45) is 1.16. The molecule has 14 heavy (non-hydrogen) atoms. The summed E-state index contributed by atoms with van der Waals surface area (Å²) in [7, 11) is 2.03. The van der Waals surface area contributed by atoms with Crippen LogP contribution in [0.4, 0.5) is 0 Å². The fourth-order valence-corrected chi connectivity index (χ4v) is 1.77. The zero-order valence-electron chi connectivity index (χ0n) is 9.67. The summed E-state index contributed by atoms with van der Waals surface area (Å²) < 4.78 is 0. The van der Waals surface area contributed by atoms with E-state index in [-0.39, 0.29) is 5.54 Å². The molecule has 0 heterocycles. The molecular weight excluding hydrogens is 170 g/mol. The molecule has 0 amide bonds. The van der Waals surface area contributed by atoms with E-state index in [9.17, 15) is 0 Å². The first-order valence-corrected chi connectivity index (χ1v) is 5.29. The van der Waals surface area contributed by atoms with E-state index in [2.05, 4.69) is 56.4 Å². The molecule has 1 aromatic rings. The van der Waals surface area contributed by atoms with Crippen molar-refractivity contribution in [1.82, 2.24) is 5.32 Å². The van der Waals surface area contributed by atoms with Gasteiger partial charge in [0.2, 0.25) is 0 Å². The Hall–Kier alpha value is -0.820. The number of benzene rings is 1. The van der Waals surface area contributed by atoms with E-state index in [4.69, 9.17) is 0 Å². The fraction of sp³-hybridized carbons (Fsp3) is 0.538. The molecule has 1 aromatic carbocycles. The van der Waals surface area contributed by atoms with Gasteiger partial charge in [-0.1, -0.05) is 37.3 Å². The minimum Gasteiger partial charge on any atom is -0.315 e. The Bertz CT molecular complexity index is 264. The first kappa shape index (κ1) is 11.3. The standard InChI is InChI=1S/C13H21N/c1-11(10-13(2,3)14-4)12-8-6-5-7-9-12/h5-9,11,14H,10H2,1-4H3. The summed E-state index contributed by atoms with van der Waals surface area (Å²) in [5.74, 6) is 0.610. The van der Waals surface area contributed by atoms with Crippen LogP contribution in [-0.4, -0.2) is 12.6 Å². The largest absolute Gasteiger partial charge is 0.315 e. The molecule has 0 saturated carbocycles. The lowest BCUT2D eigenvalue weighted by Gasteiger charge is -2.27. The summed E-state index contributed by atoms with van der Waals surface area (Å²) in [6, 6.07) is 10.7. The van der Waals surface area contributed by atoms with Crippen LogP contribution < -0.4 is 5.32 Å². The third-order valence-electron chi connectivity index (χ3n) is 2.86. The van der Waals surface area contributed by atoms with E-state index >= 15 is 0 Å². The molecule has 1 heteroatoms. The molecule has 0 saturated heterocycles. The van der Waals surface area contributed by atoms with Crippen LogP contribution in [0.5, 0.6) is 0 Å². The van der Waals surface area contributed by atoms with Gasteiger partial charge in [-0.2, -0.15) is 0 Å². The van der Waals surface area contributed by atoms with Crippen LogP contribution >= 0.6 is 0 Å². The maximum atomic E-state index is 3.34. The highest BCUT2D eigenvalue weighted by Gasteiger charge is 2.19. The van der Waals surface area contributed by atoms with Gasteiger partial charge in [0.25, 0.3) is 0 Å². The van der Waals surface area contributed by atoms with Gasteiger partial charge in [-0.3, -0.25) is 0 Å². The SMILES string of the molecule is CNC(C)(C)CC(C)c1ccccc1. The molecular formula is C13H21N.